The lowest BCUT2D eigenvalue weighted by molar-refractivity contribution is -0.0694. The van der Waals surface area contributed by atoms with Crippen LogP contribution in [0.15, 0.2) is 18.3 Å². The summed E-state index contributed by atoms with van der Waals surface area (Å²) in [7, 11) is 0. The molecule has 2 aliphatic heterocycles. The molecule has 1 aromatic rings. The quantitative estimate of drug-likeness (QED) is 0.866. The Labute approximate surface area is 112 Å². The Morgan fingerprint density at radius 1 is 1.33 bits per heavy atom. The van der Waals surface area contributed by atoms with E-state index in [0.717, 1.165) is 38.5 Å². The van der Waals surface area contributed by atoms with Gasteiger partial charge in [0.05, 0.1) is 25.1 Å². The number of aromatic nitrogens is 1. The molecule has 0 spiro atoms. The van der Waals surface area contributed by atoms with Crippen molar-refractivity contribution < 1.29 is 9.13 Å². The number of nitrogens with one attached hydrogen (secondary N) is 1. The van der Waals surface area contributed by atoms with Crippen molar-refractivity contribution in [3.8, 4) is 0 Å². The lowest BCUT2D eigenvalue weighted by Gasteiger charge is -2.45. The van der Waals surface area contributed by atoms with E-state index in [4.69, 9.17) is 4.74 Å². The Morgan fingerprint density at radius 2 is 2.06 bits per heavy atom. The van der Waals surface area contributed by atoms with Crippen molar-refractivity contribution in [1.29, 1.82) is 0 Å². The highest BCUT2D eigenvalue weighted by Gasteiger charge is 2.34. The fourth-order valence-electron chi connectivity index (χ4n) is 2.54. The zero-order valence-corrected chi connectivity index (χ0v) is 10.8. The maximum atomic E-state index is 12.8. The third kappa shape index (κ3) is 2.80. The Kier molecular flexibility index (Phi) is 4.50. The van der Waals surface area contributed by atoms with Gasteiger partial charge in [0.15, 0.2) is 0 Å². The van der Waals surface area contributed by atoms with Gasteiger partial charge in [-0.1, -0.05) is 0 Å². The minimum Gasteiger partial charge on any atom is -0.378 e. The molecule has 4 nitrogen and oxygen atoms in total. The first kappa shape index (κ1) is 13.7. The molecule has 0 amide bonds. The minimum absolute atomic E-state index is 0. The van der Waals surface area contributed by atoms with E-state index in [1.165, 1.54) is 12.3 Å². The largest absolute Gasteiger partial charge is 0.378 e. The number of fused-ring (bicyclic) bond motifs is 2. The summed E-state index contributed by atoms with van der Waals surface area (Å²) >= 11 is 0. The Hall–Kier alpha value is -0.750. The Morgan fingerprint density at radius 3 is 2.67 bits per heavy atom. The first-order chi connectivity index (χ1) is 8.33. The summed E-state index contributed by atoms with van der Waals surface area (Å²) in [5.41, 5.74) is 0.921. The highest BCUT2D eigenvalue weighted by atomic mass is 35.5. The average Bonchev–Trinajstić information content (AvgIpc) is 2.32. The molecule has 3 heterocycles. The van der Waals surface area contributed by atoms with E-state index in [9.17, 15) is 4.39 Å². The third-order valence-electron chi connectivity index (χ3n) is 3.45. The summed E-state index contributed by atoms with van der Waals surface area (Å²) in [6.45, 7) is 4.23. The van der Waals surface area contributed by atoms with Crippen molar-refractivity contribution in [3.05, 3.63) is 29.8 Å². The van der Waals surface area contributed by atoms with Crippen LogP contribution in [0.25, 0.3) is 0 Å². The van der Waals surface area contributed by atoms with Gasteiger partial charge in [-0.25, -0.2) is 4.39 Å². The van der Waals surface area contributed by atoms with Crippen LogP contribution < -0.4 is 5.32 Å². The van der Waals surface area contributed by atoms with Gasteiger partial charge in [0.25, 0.3) is 0 Å². The molecular weight excluding hydrogens is 257 g/mol. The van der Waals surface area contributed by atoms with Crippen molar-refractivity contribution in [3.63, 3.8) is 0 Å². The Balaban J connectivity index is 0.00000120. The number of morpholine rings is 1. The molecule has 0 aliphatic carbocycles. The van der Waals surface area contributed by atoms with Crippen molar-refractivity contribution in [2.45, 2.75) is 18.6 Å². The van der Waals surface area contributed by atoms with Crippen LogP contribution in [0.3, 0.4) is 0 Å². The van der Waals surface area contributed by atoms with Gasteiger partial charge in [-0.15, -0.1) is 12.4 Å². The predicted molar refractivity (Wildman–Crippen MR) is 68.3 cm³/mol. The van der Waals surface area contributed by atoms with E-state index in [2.05, 4.69) is 15.2 Å². The van der Waals surface area contributed by atoms with Crippen LogP contribution in [-0.2, 0) is 11.3 Å². The van der Waals surface area contributed by atoms with E-state index >= 15 is 0 Å². The first-order valence-corrected chi connectivity index (χ1v) is 5.97. The summed E-state index contributed by atoms with van der Waals surface area (Å²) in [5.74, 6) is -0.280. The summed E-state index contributed by atoms with van der Waals surface area (Å²) in [6.07, 6.45) is 1.28. The van der Waals surface area contributed by atoms with Gasteiger partial charge in [0.1, 0.15) is 5.82 Å². The maximum Gasteiger partial charge on any atom is 0.141 e. The first-order valence-electron chi connectivity index (χ1n) is 5.97. The number of piperazine rings is 1. The summed E-state index contributed by atoms with van der Waals surface area (Å²) in [5, 5.41) is 3.41. The Bertz CT molecular complexity index is 367. The molecule has 2 bridgehead atoms. The number of pyridine rings is 1. The second-order valence-electron chi connectivity index (χ2n) is 4.64. The molecular formula is C12H17ClFN3O. The van der Waals surface area contributed by atoms with Gasteiger partial charge < -0.3 is 10.1 Å². The lowest BCUT2D eigenvalue weighted by atomic mass is 10.1. The minimum atomic E-state index is -0.280. The number of halogens is 2. The molecule has 18 heavy (non-hydrogen) atoms. The highest BCUT2D eigenvalue weighted by molar-refractivity contribution is 5.85. The zero-order chi connectivity index (χ0) is 11.7. The van der Waals surface area contributed by atoms with Crippen molar-refractivity contribution >= 4 is 12.4 Å². The van der Waals surface area contributed by atoms with E-state index in [-0.39, 0.29) is 18.2 Å². The summed E-state index contributed by atoms with van der Waals surface area (Å²) < 4.78 is 18.4. The topological polar surface area (TPSA) is 37.4 Å². The normalized spacial score (nSPS) is 27.6. The number of hydrogen-bond acceptors (Lipinski definition) is 4. The van der Waals surface area contributed by atoms with Crippen LogP contribution in [0.5, 0.6) is 0 Å². The fraction of sp³-hybridized carbons (Fsp3) is 0.583. The fourth-order valence-corrected chi connectivity index (χ4v) is 2.54. The molecule has 0 aromatic carbocycles. The van der Waals surface area contributed by atoms with E-state index < -0.39 is 0 Å². The summed E-state index contributed by atoms with van der Waals surface area (Å²) in [6, 6.07) is 4.05. The second kappa shape index (κ2) is 5.93. The van der Waals surface area contributed by atoms with E-state index in [0.29, 0.717) is 12.1 Å². The number of ether oxygens (including phenoxy) is 1. The molecule has 2 aliphatic rings. The number of hydrogen-bond donors (Lipinski definition) is 1. The number of nitrogens with zero attached hydrogens (tertiary/aromatic N) is 2. The SMILES string of the molecule is Cl.Fc1ccc(CN2[C@@H]3CNC[C@H]2COC3)nc1. The highest BCUT2D eigenvalue weighted by Crippen LogP contribution is 2.19. The van der Waals surface area contributed by atoms with Crippen LogP contribution in [0.2, 0.25) is 0 Å². The van der Waals surface area contributed by atoms with Crippen molar-refractivity contribution in [2.75, 3.05) is 26.3 Å². The zero-order valence-electron chi connectivity index (χ0n) is 10.0. The monoisotopic (exact) mass is 273 g/mol. The molecule has 2 saturated heterocycles. The van der Waals surface area contributed by atoms with Crippen molar-refractivity contribution in [2.24, 2.45) is 0 Å². The lowest BCUT2D eigenvalue weighted by Crippen LogP contribution is -2.63. The van der Waals surface area contributed by atoms with Gasteiger partial charge in [0.2, 0.25) is 0 Å². The van der Waals surface area contributed by atoms with Crippen molar-refractivity contribution in [1.82, 2.24) is 15.2 Å². The molecule has 0 saturated carbocycles. The van der Waals surface area contributed by atoms with Crippen LogP contribution in [0, 0.1) is 5.82 Å². The van der Waals surface area contributed by atoms with Gasteiger partial charge in [-0.3, -0.25) is 9.88 Å². The van der Waals surface area contributed by atoms with Gasteiger partial charge >= 0.3 is 0 Å². The molecule has 100 valence electrons. The predicted octanol–water partition coefficient (Wildman–Crippen LogP) is 0.815. The van der Waals surface area contributed by atoms with Gasteiger partial charge in [-0.2, -0.15) is 0 Å². The molecule has 3 rings (SSSR count). The maximum absolute atomic E-state index is 12.8. The van der Waals surface area contributed by atoms with Crippen LogP contribution >= 0.6 is 12.4 Å². The molecule has 2 atom stereocenters. The summed E-state index contributed by atoms with van der Waals surface area (Å²) in [4.78, 5) is 6.54. The average molecular weight is 274 g/mol. The molecule has 1 N–H and O–H groups in total. The third-order valence-corrected chi connectivity index (χ3v) is 3.45. The molecule has 1 aromatic heterocycles. The molecule has 0 radical (unpaired) electrons. The molecule has 2 fully saturated rings. The van der Waals surface area contributed by atoms with E-state index in [1.54, 1.807) is 6.07 Å². The molecule has 6 heteroatoms. The van der Waals surface area contributed by atoms with Crippen LogP contribution in [-0.4, -0.2) is 48.3 Å². The van der Waals surface area contributed by atoms with Gasteiger partial charge in [0, 0.05) is 31.7 Å². The van der Waals surface area contributed by atoms with Crippen LogP contribution in [0.1, 0.15) is 5.69 Å². The standard InChI is InChI=1S/C12H16FN3O.ClH/c13-9-1-2-10(15-3-9)6-16-11-4-14-5-12(16)8-17-7-11;/h1-3,11-12,14H,4-8H2;1H/t11-,12+;. The van der Waals surface area contributed by atoms with Crippen LogP contribution in [0.4, 0.5) is 4.39 Å². The molecule has 0 unspecified atom stereocenters. The van der Waals surface area contributed by atoms with E-state index in [1.807, 2.05) is 0 Å². The van der Waals surface area contributed by atoms with Gasteiger partial charge in [-0.05, 0) is 12.1 Å². The smallest absolute Gasteiger partial charge is 0.141 e. The number of rotatable bonds is 2. The second-order valence-corrected chi connectivity index (χ2v) is 4.64.